The number of carbonyl (C=O) groups excluding carboxylic acids is 1. The zero-order chi connectivity index (χ0) is 24.2. The fourth-order valence-electron chi connectivity index (χ4n) is 4.06. The molecule has 0 unspecified atom stereocenters. The molecule has 35 heavy (non-hydrogen) atoms. The Bertz CT molecular complexity index is 1620. The van der Waals surface area contributed by atoms with Crippen molar-refractivity contribution < 1.29 is 9.53 Å². The average molecular weight is 463 g/mol. The molecule has 0 spiro atoms. The van der Waals surface area contributed by atoms with Gasteiger partial charge in [0.2, 0.25) is 0 Å². The van der Waals surface area contributed by atoms with Crippen LogP contribution in [0.4, 0.5) is 0 Å². The van der Waals surface area contributed by atoms with Crippen LogP contribution in [0, 0.1) is 0 Å². The Morgan fingerprint density at radius 2 is 1.60 bits per heavy atom. The van der Waals surface area contributed by atoms with Crippen molar-refractivity contribution in [2.75, 3.05) is 7.11 Å². The van der Waals surface area contributed by atoms with Gasteiger partial charge in [0, 0.05) is 10.9 Å². The maximum Gasteiger partial charge on any atom is 0.292 e. The number of ether oxygens (including phenoxy) is 1. The second kappa shape index (κ2) is 9.61. The lowest BCUT2D eigenvalue weighted by Gasteiger charge is -2.11. The molecule has 0 bridgehead atoms. The van der Waals surface area contributed by atoms with Crippen molar-refractivity contribution in [1.29, 1.82) is 0 Å². The Morgan fingerprint density at radius 3 is 2.37 bits per heavy atom. The van der Waals surface area contributed by atoms with Crippen LogP contribution in [0.15, 0.2) is 101 Å². The monoisotopic (exact) mass is 462 g/mol. The van der Waals surface area contributed by atoms with Crippen LogP contribution < -0.4 is 15.7 Å². The topological polar surface area (TPSA) is 85.6 Å². The summed E-state index contributed by atoms with van der Waals surface area (Å²) < 4.78 is 6.79. The quantitative estimate of drug-likeness (QED) is 0.300. The minimum absolute atomic E-state index is 0.123. The largest absolute Gasteiger partial charge is 0.496 e. The third kappa shape index (κ3) is 4.39. The molecule has 1 aromatic heterocycles. The van der Waals surface area contributed by atoms with Crippen molar-refractivity contribution in [2.24, 2.45) is 5.10 Å². The van der Waals surface area contributed by atoms with Gasteiger partial charge in [-0.25, -0.2) is 10.1 Å². The molecule has 1 N–H and O–H groups in total. The van der Waals surface area contributed by atoms with E-state index in [2.05, 4.69) is 15.6 Å². The molecule has 0 radical (unpaired) electrons. The van der Waals surface area contributed by atoms with E-state index in [-0.39, 0.29) is 17.8 Å². The lowest BCUT2D eigenvalue weighted by Crippen LogP contribution is -2.29. The SMILES string of the molecule is COc1ccc2ccccc2c1C=NNC(=O)c1nn(Cc2ccccc2)c(=O)c2ccccc12. The Kier molecular flexibility index (Phi) is 6.05. The van der Waals surface area contributed by atoms with Gasteiger partial charge in [0.15, 0.2) is 5.69 Å². The second-order valence-electron chi connectivity index (χ2n) is 7.94. The van der Waals surface area contributed by atoms with Gasteiger partial charge in [-0.2, -0.15) is 10.2 Å². The Morgan fingerprint density at radius 1 is 0.914 bits per heavy atom. The summed E-state index contributed by atoms with van der Waals surface area (Å²) in [6, 6.07) is 28.1. The molecule has 7 heteroatoms. The van der Waals surface area contributed by atoms with E-state index in [1.807, 2.05) is 66.7 Å². The van der Waals surface area contributed by atoms with Crippen LogP contribution in [-0.4, -0.2) is 29.0 Å². The smallest absolute Gasteiger partial charge is 0.292 e. The van der Waals surface area contributed by atoms with Crippen LogP contribution in [0.1, 0.15) is 21.6 Å². The zero-order valence-electron chi connectivity index (χ0n) is 19.0. The number of rotatable bonds is 6. The van der Waals surface area contributed by atoms with Gasteiger partial charge in [0.05, 0.1) is 25.3 Å². The summed E-state index contributed by atoms with van der Waals surface area (Å²) in [4.78, 5) is 26.2. The number of nitrogens with one attached hydrogen (secondary N) is 1. The van der Waals surface area contributed by atoms with Crippen molar-refractivity contribution in [1.82, 2.24) is 15.2 Å². The fourth-order valence-corrected chi connectivity index (χ4v) is 4.06. The van der Waals surface area contributed by atoms with Crippen LogP contribution in [0.25, 0.3) is 21.5 Å². The molecule has 1 heterocycles. The van der Waals surface area contributed by atoms with Crippen molar-refractivity contribution in [3.63, 3.8) is 0 Å². The summed E-state index contributed by atoms with van der Waals surface area (Å²) in [7, 11) is 1.59. The first-order chi connectivity index (χ1) is 17.2. The second-order valence-corrected chi connectivity index (χ2v) is 7.94. The molecule has 0 saturated heterocycles. The number of carbonyl (C=O) groups is 1. The average Bonchev–Trinajstić information content (AvgIpc) is 2.91. The highest BCUT2D eigenvalue weighted by atomic mass is 16.5. The van der Waals surface area contributed by atoms with Gasteiger partial charge in [0.25, 0.3) is 11.5 Å². The highest BCUT2D eigenvalue weighted by Gasteiger charge is 2.17. The minimum atomic E-state index is -0.515. The van der Waals surface area contributed by atoms with Gasteiger partial charge >= 0.3 is 0 Å². The molecule has 0 saturated carbocycles. The first-order valence-corrected chi connectivity index (χ1v) is 11.1. The van der Waals surface area contributed by atoms with Gasteiger partial charge in [-0.05, 0) is 28.5 Å². The molecule has 4 aromatic carbocycles. The summed E-state index contributed by atoms with van der Waals surface area (Å²) in [5, 5.41) is 11.5. The van der Waals surface area contributed by atoms with E-state index in [1.165, 1.54) is 4.68 Å². The van der Waals surface area contributed by atoms with E-state index in [4.69, 9.17) is 4.74 Å². The molecule has 0 fully saturated rings. The fraction of sp³-hybridized carbons (Fsp3) is 0.0714. The third-order valence-electron chi connectivity index (χ3n) is 5.77. The maximum atomic E-state index is 13.1. The molecule has 172 valence electrons. The molecule has 0 aliphatic heterocycles. The van der Waals surface area contributed by atoms with E-state index >= 15 is 0 Å². The molecular weight excluding hydrogens is 440 g/mol. The third-order valence-corrected chi connectivity index (χ3v) is 5.77. The lowest BCUT2D eigenvalue weighted by atomic mass is 10.0. The number of methoxy groups -OCH3 is 1. The Labute approximate surface area is 201 Å². The summed E-state index contributed by atoms with van der Waals surface area (Å²) in [5.41, 5.74) is 4.08. The number of hydrazone groups is 1. The normalized spacial score (nSPS) is 11.2. The van der Waals surface area contributed by atoms with Crippen LogP contribution in [0.5, 0.6) is 5.75 Å². The Balaban J connectivity index is 1.50. The number of hydrogen-bond acceptors (Lipinski definition) is 5. The lowest BCUT2D eigenvalue weighted by molar-refractivity contribution is 0.0949. The molecule has 0 aliphatic rings. The predicted molar refractivity (Wildman–Crippen MR) is 137 cm³/mol. The first kappa shape index (κ1) is 22.0. The molecule has 5 aromatic rings. The summed E-state index contributed by atoms with van der Waals surface area (Å²) in [6.07, 6.45) is 1.56. The van der Waals surface area contributed by atoms with Gasteiger partial charge in [-0.15, -0.1) is 0 Å². The summed E-state index contributed by atoms with van der Waals surface area (Å²) >= 11 is 0. The predicted octanol–water partition coefficient (Wildman–Crippen LogP) is 4.37. The van der Waals surface area contributed by atoms with E-state index in [0.29, 0.717) is 16.5 Å². The van der Waals surface area contributed by atoms with E-state index in [0.717, 1.165) is 21.9 Å². The van der Waals surface area contributed by atoms with E-state index in [1.54, 1.807) is 37.6 Å². The summed E-state index contributed by atoms with van der Waals surface area (Å²) in [6.45, 7) is 0.251. The van der Waals surface area contributed by atoms with E-state index in [9.17, 15) is 9.59 Å². The van der Waals surface area contributed by atoms with Crippen molar-refractivity contribution in [3.8, 4) is 5.75 Å². The van der Waals surface area contributed by atoms with Gasteiger partial charge in [0.1, 0.15) is 5.75 Å². The van der Waals surface area contributed by atoms with Crippen LogP contribution in [0.3, 0.4) is 0 Å². The van der Waals surface area contributed by atoms with Crippen molar-refractivity contribution >= 4 is 33.7 Å². The number of amides is 1. The van der Waals surface area contributed by atoms with Crippen molar-refractivity contribution in [3.05, 3.63) is 118 Å². The maximum absolute atomic E-state index is 13.1. The Hall–Kier alpha value is -4.78. The summed E-state index contributed by atoms with van der Waals surface area (Å²) in [5.74, 6) is 0.125. The van der Waals surface area contributed by atoms with Gasteiger partial charge < -0.3 is 4.74 Å². The van der Waals surface area contributed by atoms with Gasteiger partial charge in [-0.3, -0.25) is 9.59 Å². The molecule has 0 atom stereocenters. The molecule has 5 rings (SSSR count). The molecule has 0 aliphatic carbocycles. The standard InChI is InChI=1S/C28H22N4O3/c1-35-25-16-15-20-11-5-6-12-21(20)24(25)17-29-30-27(33)26-22-13-7-8-14-23(22)28(34)32(31-26)18-19-9-3-2-4-10-19/h2-17H,18H2,1H3,(H,30,33). The van der Waals surface area contributed by atoms with Crippen LogP contribution in [0.2, 0.25) is 0 Å². The minimum Gasteiger partial charge on any atom is -0.496 e. The highest BCUT2D eigenvalue weighted by Crippen LogP contribution is 2.26. The van der Waals surface area contributed by atoms with E-state index < -0.39 is 5.91 Å². The number of fused-ring (bicyclic) bond motifs is 2. The molecule has 1 amide bonds. The van der Waals surface area contributed by atoms with Crippen molar-refractivity contribution in [2.45, 2.75) is 6.54 Å². The number of nitrogens with zero attached hydrogens (tertiary/aromatic N) is 3. The molecule has 7 nitrogen and oxygen atoms in total. The van der Waals surface area contributed by atoms with Gasteiger partial charge in [-0.1, -0.05) is 78.9 Å². The molecular formula is C28H22N4O3. The number of benzene rings is 4. The van der Waals surface area contributed by atoms with Crippen LogP contribution in [-0.2, 0) is 6.54 Å². The number of aromatic nitrogens is 2. The zero-order valence-corrected chi connectivity index (χ0v) is 19.0. The first-order valence-electron chi connectivity index (χ1n) is 11.1. The van der Waals surface area contributed by atoms with Crippen LogP contribution >= 0.6 is 0 Å². The highest BCUT2D eigenvalue weighted by molar-refractivity contribution is 6.06. The number of hydrogen-bond donors (Lipinski definition) is 1.